The molecule has 1 N–H and O–H groups in total. The molecule has 0 saturated carbocycles. The summed E-state index contributed by atoms with van der Waals surface area (Å²) in [6.07, 6.45) is 2.60. The predicted molar refractivity (Wildman–Crippen MR) is 104 cm³/mol. The van der Waals surface area contributed by atoms with E-state index in [0.717, 1.165) is 41.4 Å². The van der Waals surface area contributed by atoms with E-state index >= 15 is 0 Å². The molecule has 2 aromatic carbocycles. The van der Waals surface area contributed by atoms with Gasteiger partial charge in [-0.05, 0) is 35.4 Å². The van der Waals surface area contributed by atoms with Crippen LogP contribution in [0.2, 0.25) is 0 Å². The van der Waals surface area contributed by atoms with Crippen molar-refractivity contribution >= 4 is 63.7 Å². The second-order valence-electron chi connectivity index (χ2n) is 4.78. The molecule has 0 aliphatic carbocycles. The quantitative estimate of drug-likeness (QED) is 0.386. The van der Waals surface area contributed by atoms with E-state index in [1.54, 1.807) is 0 Å². The van der Waals surface area contributed by atoms with Crippen LogP contribution in [0.3, 0.4) is 0 Å². The van der Waals surface area contributed by atoms with Gasteiger partial charge in [-0.2, -0.15) is 0 Å². The molecule has 0 aliphatic heterocycles. The summed E-state index contributed by atoms with van der Waals surface area (Å²) < 4.78 is 4.20. The summed E-state index contributed by atoms with van der Waals surface area (Å²) >= 11 is 14.2. The van der Waals surface area contributed by atoms with Crippen LogP contribution in [0.1, 0.15) is 11.4 Å². The lowest BCUT2D eigenvalue weighted by Crippen LogP contribution is -1.94. The van der Waals surface area contributed by atoms with Crippen molar-refractivity contribution in [2.75, 3.05) is 0 Å². The van der Waals surface area contributed by atoms with Crippen LogP contribution < -0.4 is 0 Å². The van der Waals surface area contributed by atoms with Crippen LogP contribution in [-0.2, 0) is 6.42 Å². The Morgan fingerprint density at radius 1 is 0.864 bits per heavy atom. The van der Waals surface area contributed by atoms with Gasteiger partial charge in [0.2, 0.25) is 0 Å². The summed E-state index contributed by atoms with van der Waals surface area (Å²) in [5, 5.41) is 0. The van der Waals surface area contributed by atoms with Gasteiger partial charge in [0.05, 0.1) is 11.9 Å². The van der Waals surface area contributed by atoms with E-state index in [1.165, 1.54) is 5.56 Å². The SMILES string of the molecule is Brc1ccc(-c2cnc(Cc3c(Br)cc(Br)cc3Br)[nH]2)cc1. The van der Waals surface area contributed by atoms with E-state index < -0.39 is 0 Å². The van der Waals surface area contributed by atoms with Crippen LogP contribution in [-0.4, -0.2) is 9.97 Å². The van der Waals surface area contributed by atoms with Crippen LogP contribution in [0.4, 0.5) is 0 Å². The Morgan fingerprint density at radius 2 is 1.50 bits per heavy atom. The molecule has 0 atom stereocenters. The molecule has 1 aromatic heterocycles. The Kier molecular flexibility index (Phi) is 5.22. The molecule has 1 heterocycles. The highest BCUT2D eigenvalue weighted by molar-refractivity contribution is 9.11. The third kappa shape index (κ3) is 3.72. The van der Waals surface area contributed by atoms with Gasteiger partial charge >= 0.3 is 0 Å². The Hall–Kier alpha value is -0.430. The molecule has 3 rings (SSSR count). The first-order chi connectivity index (χ1) is 10.5. The van der Waals surface area contributed by atoms with Crippen molar-refractivity contribution in [3.05, 3.63) is 71.9 Å². The van der Waals surface area contributed by atoms with Gasteiger partial charge in [-0.15, -0.1) is 0 Å². The van der Waals surface area contributed by atoms with Gasteiger partial charge in [0.1, 0.15) is 5.82 Å². The number of hydrogen-bond acceptors (Lipinski definition) is 1. The average molecular weight is 550 g/mol. The minimum atomic E-state index is 0.727. The molecule has 22 heavy (non-hydrogen) atoms. The van der Waals surface area contributed by atoms with Gasteiger partial charge in [-0.3, -0.25) is 0 Å². The molecule has 6 heteroatoms. The van der Waals surface area contributed by atoms with E-state index in [0.29, 0.717) is 0 Å². The lowest BCUT2D eigenvalue weighted by atomic mass is 10.1. The summed E-state index contributed by atoms with van der Waals surface area (Å²) in [6.45, 7) is 0. The number of halogens is 4. The van der Waals surface area contributed by atoms with E-state index in [2.05, 4.69) is 85.8 Å². The number of benzene rings is 2. The number of nitrogens with zero attached hydrogens (tertiary/aromatic N) is 1. The van der Waals surface area contributed by atoms with Crippen molar-refractivity contribution in [2.45, 2.75) is 6.42 Å². The molecule has 0 unspecified atom stereocenters. The van der Waals surface area contributed by atoms with Crippen molar-refractivity contribution in [1.82, 2.24) is 9.97 Å². The first-order valence-corrected chi connectivity index (χ1v) is 9.63. The van der Waals surface area contributed by atoms with Crippen LogP contribution in [0.15, 0.2) is 60.5 Å². The summed E-state index contributed by atoms with van der Waals surface area (Å²) in [7, 11) is 0. The Bertz CT molecular complexity index is 786. The zero-order valence-electron chi connectivity index (χ0n) is 11.2. The molecule has 112 valence electrons. The van der Waals surface area contributed by atoms with E-state index in [4.69, 9.17) is 0 Å². The second kappa shape index (κ2) is 6.99. The lowest BCUT2D eigenvalue weighted by Gasteiger charge is -2.07. The molecule has 0 saturated heterocycles. The summed E-state index contributed by atoms with van der Waals surface area (Å²) in [4.78, 5) is 7.88. The van der Waals surface area contributed by atoms with Gasteiger partial charge in [0.25, 0.3) is 0 Å². The molecular formula is C16H10Br4N2. The minimum Gasteiger partial charge on any atom is -0.342 e. The van der Waals surface area contributed by atoms with Crippen LogP contribution in [0.5, 0.6) is 0 Å². The number of rotatable bonds is 3. The van der Waals surface area contributed by atoms with Gasteiger partial charge in [-0.1, -0.05) is 75.9 Å². The topological polar surface area (TPSA) is 28.7 Å². The molecule has 0 bridgehead atoms. The standard InChI is InChI=1S/C16H10Br4N2/c17-10-3-1-9(2-4-10)15-8-21-16(22-15)7-12-13(19)5-11(18)6-14(12)20/h1-6,8H,7H2,(H,21,22). The number of aromatic nitrogens is 2. The van der Waals surface area contributed by atoms with Gasteiger partial charge in [-0.25, -0.2) is 4.98 Å². The number of imidazole rings is 1. The van der Waals surface area contributed by atoms with Crippen LogP contribution in [0, 0.1) is 0 Å². The zero-order chi connectivity index (χ0) is 15.7. The predicted octanol–water partition coefficient (Wildman–Crippen LogP) is 6.72. The number of hydrogen-bond donors (Lipinski definition) is 1. The highest BCUT2D eigenvalue weighted by Gasteiger charge is 2.10. The highest BCUT2D eigenvalue weighted by Crippen LogP contribution is 2.31. The fourth-order valence-electron chi connectivity index (χ4n) is 2.14. The first kappa shape index (κ1) is 16.4. The average Bonchev–Trinajstić information content (AvgIpc) is 2.92. The van der Waals surface area contributed by atoms with E-state index in [9.17, 15) is 0 Å². The number of nitrogens with one attached hydrogen (secondary N) is 1. The normalized spacial score (nSPS) is 10.9. The third-order valence-electron chi connectivity index (χ3n) is 3.23. The van der Waals surface area contributed by atoms with Gasteiger partial charge < -0.3 is 4.98 Å². The maximum absolute atomic E-state index is 4.49. The fourth-order valence-corrected chi connectivity index (χ4v) is 4.94. The molecule has 0 fully saturated rings. The molecule has 2 nitrogen and oxygen atoms in total. The second-order valence-corrected chi connectivity index (χ2v) is 8.32. The zero-order valence-corrected chi connectivity index (χ0v) is 17.6. The number of H-pyrrole nitrogens is 1. The molecule has 0 spiro atoms. The number of aromatic amines is 1. The first-order valence-electron chi connectivity index (χ1n) is 6.46. The van der Waals surface area contributed by atoms with E-state index in [1.807, 2.05) is 30.5 Å². The van der Waals surface area contributed by atoms with E-state index in [-0.39, 0.29) is 0 Å². The van der Waals surface area contributed by atoms with Crippen LogP contribution >= 0.6 is 63.7 Å². The Morgan fingerprint density at radius 3 is 2.14 bits per heavy atom. The molecule has 0 aliphatic rings. The maximum Gasteiger partial charge on any atom is 0.111 e. The fraction of sp³-hybridized carbons (Fsp3) is 0.0625. The lowest BCUT2D eigenvalue weighted by molar-refractivity contribution is 1.01. The van der Waals surface area contributed by atoms with Crippen molar-refractivity contribution in [3.63, 3.8) is 0 Å². The highest BCUT2D eigenvalue weighted by atomic mass is 79.9. The van der Waals surface area contributed by atoms with Gasteiger partial charge in [0, 0.05) is 24.3 Å². The minimum absolute atomic E-state index is 0.727. The Balaban J connectivity index is 1.87. The molecule has 0 radical (unpaired) electrons. The van der Waals surface area contributed by atoms with Crippen molar-refractivity contribution in [2.24, 2.45) is 0 Å². The largest absolute Gasteiger partial charge is 0.342 e. The van der Waals surface area contributed by atoms with Gasteiger partial charge in [0.15, 0.2) is 0 Å². The molecule has 3 aromatic rings. The smallest absolute Gasteiger partial charge is 0.111 e. The van der Waals surface area contributed by atoms with Crippen LogP contribution in [0.25, 0.3) is 11.3 Å². The molecule has 0 amide bonds. The summed E-state index contributed by atoms with van der Waals surface area (Å²) in [5.41, 5.74) is 3.31. The summed E-state index contributed by atoms with van der Waals surface area (Å²) in [6, 6.07) is 12.3. The Labute approximate surface area is 162 Å². The third-order valence-corrected chi connectivity index (χ3v) is 5.64. The summed E-state index contributed by atoms with van der Waals surface area (Å²) in [5.74, 6) is 0.932. The van der Waals surface area contributed by atoms with Crippen molar-refractivity contribution in [3.8, 4) is 11.3 Å². The maximum atomic E-state index is 4.49. The monoisotopic (exact) mass is 546 g/mol. The molecular weight excluding hydrogens is 540 g/mol. The van der Waals surface area contributed by atoms with Crippen molar-refractivity contribution < 1.29 is 0 Å². The van der Waals surface area contributed by atoms with Crippen molar-refractivity contribution in [1.29, 1.82) is 0 Å².